The van der Waals surface area contributed by atoms with Crippen LogP contribution in [0.2, 0.25) is 0 Å². The number of rotatable bonds is 6. The van der Waals surface area contributed by atoms with Gasteiger partial charge in [-0.3, -0.25) is 4.79 Å². The van der Waals surface area contributed by atoms with Gasteiger partial charge in [0.05, 0.1) is 6.04 Å². The highest BCUT2D eigenvalue weighted by molar-refractivity contribution is 5.79. The summed E-state index contributed by atoms with van der Waals surface area (Å²) in [6.07, 6.45) is 0.937. The molecule has 3 nitrogen and oxygen atoms in total. The van der Waals surface area contributed by atoms with Gasteiger partial charge in [-0.25, -0.2) is 0 Å². The summed E-state index contributed by atoms with van der Waals surface area (Å²) in [4.78, 5) is 10.9. The summed E-state index contributed by atoms with van der Waals surface area (Å²) in [5.74, 6) is -0.328. The molecule has 1 atom stereocenters. The number of amides is 1. The van der Waals surface area contributed by atoms with Crippen molar-refractivity contribution >= 4 is 5.91 Å². The summed E-state index contributed by atoms with van der Waals surface area (Å²) < 4.78 is 0. The van der Waals surface area contributed by atoms with E-state index < -0.39 is 0 Å². The van der Waals surface area contributed by atoms with Crippen LogP contribution in [0.3, 0.4) is 0 Å². The van der Waals surface area contributed by atoms with Crippen molar-refractivity contribution in [2.75, 3.05) is 0 Å². The number of benzene rings is 2. The van der Waals surface area contributed by atoms with Gasteiger partial charge in [0.2, 0.25) is 5.91 Å². The normalized spacial score (nSPS) is 12.1. The highest BCUT2D eigenvalue weighted by Gasteiger charge is 2.06. The lowest BCUT2D eigenvalue weighted by Gasteiger charge is -2.10. The molecule has 0 saturated heterocycles. The molecule has 2 aromatic carbocycles. The summed E-state index contributed by atoms with van der Waals surface area (Å²) in [5, 5.41) is 3.09. The van der Waals surface area contributed by atoms with Crippen LogP contribution in [0.15, 0.2) is 54.6 Å². The second-order valence-electron chi connectivity index (χ2n) is 4.98. The Bertz CT molecular complexity index is 549. The Balaban J connectivity index is 1.91. The van der Waals surface area contributed by atoms with Gasteiger partial charge in [-0.15, -0.1) is 0 Å². The highest BCUT2D eigenvalue weighted by Crippen LogP contribution is 2.10. The fraction of sp³-hybridized carbons (Fsp3) is 0.235. The molecular formula is C17H20N2O. The Labute approximate surface area is 119 Å². The molecule has 20 heavy (non-hydrogen) atoms. The number of hydrogen-bond acceptors (Lipinski definition) is 2. The Morgan fingerprint density at radius 1 is 1.00 bits per heavy atom. The van der Waals surface area contributed by atoms with Crippen molar-refractivity contribution in [1.82, 2.24) is 5.32 Å². The molecule has 2 rings (SSSR count). The van der Waals surface area contributed by atoms with Crippen LogP contribution < -0.4 is 11.1 Å². The van der Waals surface area contributed by atoms with Crippen LogP contribution in [0.4, 0.5) is 0 Å². The smallest absolute Gasteiger partial charge is 0.234 e. The topological polar surface area (TPSA) is 55.1 Å². The summed E-state index contributed by atoms with van der Waals surface area (Å²) in [5.41, 5.74) is 8.94. The van der Waals surface area contributed by atoms with Gasteiger partial charge in [0.1, 0.15) is 0 Å². The van der Waals surface area contributed by atoms with E-state index in [1.165, 1.54) is 11.1 Å². The molecule has 0 aliphatic rings. The molecule has 0 radical (unpaired) electrons. The lowest BCUT2D eigenvalue weighted by atomic mass is 10.0. The zero-order valence-corrected chi connectivity index (χ0v) is 11.7. The van der Waals surface area contributed by atoms with Gasteiger partial charge in [-0.1, -0.05) is 54.6 Å². The third-order valence-corrected chi connectivity index (χ3v) is 3.31. The van der Waals surface area contributed by atoms with Crippen molar-refractivity contribution in [3.05, 3.63) is 71.3 Å². The quantitative estimate of drug-likeness (QED) is 0.844. The average molecular weight is 268 g/mol. The first-order chi connectivity index (χ1) is 9.65. The zero-order valence-electron chi connectivity index (χ0n) is 11.7. The molecule has 1 amide bonds. The van der Waals surface area contributed by atoms with E-state index in [1.807, 2.05) is 6.07 Å². The summed E-state index contributed by atoms with van der Waals surface area (Å²) in [6, 6.07) is 18.5. The average Bonchev–Trinajstić information content (AvgIpc) is 2.47. The molecule has 2 aromatic rings. The maximum absolute atomic E-state index is 10.9. The van der Waals surface area contributed by atoms with Gasteiger partial charge in [-0.2, -0.15) is 0 Å². The van der Waals surface area contributed by atoms with Crippen molar-refractivity contribution in [3.63, 3.8) is 0 Å². The van der Waals surface area contributed by atoms with Gasteiger partial charge in [0, 0.05) is 6.54 Å². The second kappa shape index (κ2) is 6.87. The first-order valence-electron chi connectivity index (χ1n) is 6.79. The standard InChI is InChI=1S/C17H20N2O/c1-13(17(18)20)19-12-16-9-7-15(8-10-16)11-14-5-3-2-4-6-14/h2-10,13,19H,11-12H2,1H3,(H2,18,20). The van der Waals surface area contributed by atoms with Crippen LogP contribution >= 0.6 is 0 Å². The fourth-order valence-electron chi connectivity index (χ4n) is 1.98. The number of nitrogens with two attached hydrogens (primary N) is 1. The fourth-order valence-corrected chi connectivity index (χ4v) is 1.98. The molecule has 0 spiro atoms. The number of carbonyl (C=O) groups is 1. The molecule has 104 valence electrons. The molecule has 0 heterocycles. The predicted molar refractivity (Wildman–Crippen MR) is 81.2 cm³/mol. The lowest BCUT2D eigenvalue weighted by Crippen LogP contribution is -2.38. The number of nitrogens with one attached hydrogen (secondary N) is 1. The van der Waals surface area contributed by atoms with Crippen LogP contribution in [-0.2, 0) is 17.8 Å². The number of primary amides is 1. The minimum atomic E-state index is -0.328. The van der Waals surface area contributed by atoms with Crippen LogP contribution in [0.25, 0.3) is 0 Å². The van der Waals surface area contributed by atoms with Crippen LogP contribution in [0, 0.1) is 0 Å². The Morgan fingerprint density at radius 2 is 1.55 bits per heavy atom. The van der Waals surface area contributed by atoms with Gasteiger partial charge < -0.3 is 11.1 Å². The van der Waals surface area contributed by atoms with E-state index in [1.54, 1.807) is 6.92 Å². The lowest BCUT2D eigenvalue weighted by molar-refractivity contribution is -0.119. The van der Waals surface area contributed by atoms with Crippen LogP contribution in [-0.4, -0.2) is 11.9 Å². The Morgan fingerprint density at radius 3 is 2.15 bits per heavy atom. The Hall–Kier alpha value is -2.13. The zero-order chi connectivity index (χ0) is 14.4. The first kappa shape index (κ1) is 14.3. The maximum Gasteiger partial charge on any atom is 0.234 e. The van der Waals surface area contributed by atoms with Gasteiger partial charge in [0.25, 0.3) is 0 Å². The van der Waals surface area contributed by atoms with Crippen molar-refractivity contribution < 1.29 is 4.79 Å². The monoisotopic (exact) mass is 268 g/mol. The largest absolute Gasteiger partial charge is 0.368 e. The van der Waals surface area contributed by atoms with E-state index in [0.29, 0.717) is 6.54 Å². The predicted octanol–water partition coefficient (Wildman–Crippen LogP) is 2.24. The van der Waals surface area contributed by atoms with Crippen LogP contribution in [0.5, 0.6) is 0 Å². The highest BCUT2D eigenvalue weighted by atomic mass is 16.1. The molecule has 0 bridgehead atoms. The molecule has 0 aliphatic heterocycles. The van der Waals surface area contributed by atoms with Crippen molar-refractivity contribution in [3.8, 4) is 0 Å². The number of hydrogen-bond donors (Lipinski definition) is 2. The maximum atomic E-state index is 10.9. The summed E-state index contributed by atoms with van der Waals surface area (Å²) in [6.45, 7) is 2.42. The molecular weight excluding hydrogens is 248 g/mol. The minimum Gasteiger partial charge on any atom is -0.368 e. The molecule has 0 saturated carbocycles. The van der Waals surface area contributed by atoms with Gasteiger partial charge in [-0.05, 0) is 30.0 Å². The van der Waals surface area contributed by atoms with Gasteiger partial charge >= 0.3 is 0 Å². The summed E-state index contributed by atoms with van der Waals surface area (Å²) >= 11 is 0. The second-order valence-corrected chi connectivity index (χ2v) is 4.98. The van der Waals surface area contributed by atoms with Crippen molar-refractivity contribution in [1.29, 1.82) is 0 Å². The third-order valence-electron chi connectivity index (χ3n) is 3.31. The van der Waals surface area contributed by atoms with Gasteiger partial charge in [0.15, 0.2) is 0 Å². The molecule has 1 unspecified atom stereocenters. The minimum absolute atomic E-state index is 0.306. The van der Waals surface area contributed by atoms with E-state index in [0.717, 1.165) is 12.0 Å². The summed E-state index contributed by atoms with van der Waals surface area (Å²) in [7, 11) is 0. The first-order valence-corrected chi connectivity index (χ1v) is 6.79. The van der Waals surface area contributed by atoms with E-state index >= 15 is 0 Å². The van der Waals surface area contributed by atoms with Crippen LogP contribution in [0.1, 0.15) is 23.6 Å². The Kier molecular flexibility index (Phi) is 4.91. The molecule has 0 fully saturated rings. The SMILES string of the molecule is CC(NCc1ccc(Cc2ccccc2)cc1)C(N)=O. The number of carbonyl (C=O) groups excluding carboxylic acids is 1. The van der Waals surface area contributed by atoms with E-state index in [-0.39, 0.29) is 11.9 Å². The third kappa shape index (κ3) is 4.21. The van der Waals surface area contributed by atoms with E-state index in [4.69, 9.17) is 5.73 Å². The van der Waals surface area contributed by atoms with E-state index in [2.05, 4.69) is 53.8 Å². The molecule has 0 aliphatic carbocycles. The van der Waals surface area contributed by atoms with Crippen molar-refractivity contribution in [2.45, 2.75) is 25.9 Å². The van der Waals surface area contributed by atoms with E-state index in [9.17, 15) is 4.79 Å². The van der Waals surface area contributed by atoms with Crippen molar-refractivity contribution in [2.24, 2.45) is 5.73 Å². The molecule has 0 aromatic heterocycles. The molecule has 3 N–H and O–H groups in total. The molecule has 3 heteroatoms.